The van der Waals surface area contributed by atoms with Gasteiger partial charge in [0.25, 0.3) is 0 Å². The van der Waals surface area contributed by atoms with Crippen molar-refractivity contribution in [3.8, 4) is 5.75 Å². The fourth-order valence-corrected chi connectivity index (χ4v) is 2.27. The molecule has 0 atom stereocenters. The smallest absolute Gasteiger partial charge is 0.433 e. The zero-order valence-electron chi connectivity index (χ0n) is 8.41. The van der Waals surface area contributed by atoms with Gasteiger partial charge in [-0.25, -0.2) is 4.79 Å². The molecule has 0 aliphatic rings. The molecule has 1 aromatic rings. The first-order chi connectivity index (χ1) is 8.40. The Balaban J connectivity index is 3.06. The van der Waals surface area contributed by atoms with Crippen LogP contribution >= 0.6 is 73.9 Å². The highest BCUT2D eigenvalue weighted by atomic mass is 79.9. The SMILES string of the molecule is O=C(OCCBr)Oc1c(Cl)c(Cl)c(Cl)c(Cl)c1Cl. The Morgan fingerprint density at radius 1 is 0.944 bits per heavy atom. The summed E-state index contributed by atoms with van der Waals surface area (Å²) in [5.74, 6) is -0.197. The Bertz CT molecular complexity index is 451. The van der Waals surface area contributed by atoms with E-state index in [-0.39, 0.29) is 37.5 Å². The fourth-order valence-electron chi connectivity index (χ4n) is 0.909. The number of hydrogen-bond donors (Lipinski definition) is 0. The molecular weight excluding hydrogens is 413 g/mol. The maximum absolute atomic E-state index is 11.3. The number of ether oxygens (including phenoxy) is 2. The van der Waals surface area contributed by atoms with Crippen molar-refractivity contribution in [2.45, 2.75) is 0 Å². The van der Waals surface area contributed by atoms with Gasteiger partial charge in [0.15, 0.2) is 5.75 Å². The van der Waals surface area contributed by atoms with Crippen molar-refractivity contribution in [2.75, 3.05) is 11.9 Å². The van der Waals surface area contributed by atoms with Crippen LogP contribution < -0.4 is 4.74 Å². The first-order valence-corrected chi connectivity index (χ1v) is 7.33. The van der Waals surface area contributed by atoms with Crippen LogP contribution in [0.15, 0.2) is 0 Å². The lowest BCUT2D eigenvalue weighted by Crippen LogP contribution is -2.12. The van der Waals surface area contributed by atoms with E-state index in [9.17, 15) is 4.79 Å². The molecule has 0 fully saturated rings. The Morgan fingerprint density at radius 3 is 1.83 bits per heavy atom. The van der Waals surface area contributed by atoms with Crippen LogP contribution in [0.3, 0.4) is 0 Å². The standard InChI is InChI=1S/C9H4BrCl5O3/c10-1-2-17-9(16)18-8-6(14)4(12)3(11)5(13)7(8)15/h1-2H2. The average Bonchev–Trinajstić information content (AvgIpc) is 2.36. The van der Waals surface area contributed by atoms with Gasteiger partial charge in [-0.1, -0.05) is 73.9 Å². The summed E-state index contributed by atoms with van der Waals surface area (Å²) in [6, 6.07) is 0. The molecule has 0 bridgehead atoms. The molecule has 1 aromatic carbocycles. The summed E-state index contributed by atoms with van der Waals surface area (Å²) in [6.45, 7) is 0.128. The molecule has 18 heavy (non-hydrogen) atoms. The summed E-state index contributed by atoms with van der Waals surface area (Å²) < 4.78 is 9.49. The quantitative estimate of drug-likeness (QED) is 0.203. The molecule has 0 unspecified atom stereocenters. The van der Waals surface area contributed by atoms with Gasteiger partial charge >= 0.3 is 6.16 Å². The number of benzene rings is 1. The van der Waals surface area contributed by atoms with Crippen LogP contribution in [0.5, 0.6) is 5.75 Å². The van der Waals surface area contributed by atoms with E-state index in [1.54, 1.807) is 0 Å². The molecule has 0 heterocycles. The van der Waals surface area contributed by atoms with Crippen molar-refractivity contribution >= 4 is 80.1 Å². The van der Waals surface area contributed by atoms with Crippen molar-refractivity contribution in [2.24, 2.45) is 0 Å². The minimum absolute atomic E-state index is 0.0190. The lowest BCUT2D eigenvalue weighted by molar-refractivity contribution is 0.105. The molecule has 0 N–H and O–H groups in total. The Kier molecular flexibility index (Phi) is 6.65. The van der Waals surface area contributed by atoms with E-state index in [1.807, 2.05) is 0 Å². The van der Waals surface area contributed by atoms with Crippen LogP contribution in [0.4, 0.5) is 4.79 Å². The molecule has 0 aliphatic carbocycles. The molecule has 0 saturated carbocycles. The highest BCUT2D eigenvalue weighted by Gasteiger charge is 2.23. The van der Waals surface area contributed by atoms with Gasteiger partial charge in [0.05, 0.1) is 15.1 Å². The second-order valence-electron chi connectivity index (χ2n) is 2.79. The van der Waals surface area contributed by atoms with E-state index in [4.69, 9.17) is 62.7 Å². The molecule has 0 saturated heterocycles. The number of hydrogen-bond acceptors (Lipinski definition) is 3. The summed E-state index contributed by atoms with van der Waals surface area (Å²) in [6.07, 6.45) is -0.979. The number of carbonyl (C=O) groups is 1. The van der Waals surface area contributed by atoms with Crippen LogP contribution in [0.25, 0.3) is 0 Å². The number of rotatable bonds is 3. The molecule has 3 nitrogen and oxygen atoms in total. The highest BCUT2D eigenvalue weighted by molar-refractivity contribution is 9.09. The number of alkyl halides is 1. The van der Waals surface area contributed by atoms with Gasteiger partial charge < -0.3 is 9.47 Å². The molecule has 1 rings (SSSR count). The van der Waals surface area contributed by atoms with Crippen molar-refractivity contribution in [1.82, 2.24) is 0 Å². The topological polar surface area (TPSA) is 35.5 Å². The largest absolute Gasteiger partial charge is 0.513 e. The molecule has 0 amide bonds. The zero-order valence-corrected chi connectivity index (χ0v) is 13.8. The maximum atomic E-state index is 11.3. The van der Waals surface area contributed by atoms with E-state index >= 15 is 0 Å². The van der Waals surface area contributed by atoms with Crippen LogP contribution in [-0.4, -0.2) is 18.1 Å². The molecule has 0 aliphatic heterocycles. The predicted molar refractivity (Wildman–Crippen MR) is 77.3 cm³/mol. The fraction of sp³-hybridized carbons (Fsp3) is 0.222. The molecule has 9 heteroatoms. The van der Waals surface area contributed by atoms with E-state index < -0.39 is 6.16 Å². The monoisotopic (exact) mass is 414 g/mol. The summed E-state index contributed by atoms with van der Waals surface area (Å²) in [7, 11) is 0. The zero-order chi connectivity index (χ0) is 13.9. The van der Waals surface area contributed by atoms with Crippen LogP contribution in [-0.2, 0) is 4.74 Å². The van der Waals surface area contributed by atoms with Crippen molar-refractivity contribution in [1.29, 1.82) is 0 Å². The van der Waals surface area contributed by atoms with Gasteiger partial charge in [0, 0.05) is 5.33 Å². The first-order valence-electron chi connectivity index (χ1n) is 4.32. The number of carbonyl (C=O) groups excluding carboxylic acids is 1. The first kappa shape index (κ1) is 16.5. The molecule has 0 aromatic heterocycles. The second kappa shape index (κ2) is 7.27. The van der Waals surface area contributed by atoms with E-state index in [1.165, 1.54) is 0 Å². The van der Waals surface area contributed by atoms with Crippen molar-refractivity contribution in [3.05, 3.63) is 25.1 Å². The Labute approximate surface area is 136 Å². The third kappa shape index (κ3) is 3.71. The van der Waals surface area contributed by atoms with Crippen molar-refractivity contribution < 1.29 is 14.3 Å². The number of halogens is 6. The third-order valence-electron chi connectivity index (χ3n) is 1.65. The van der Waals surface area contributed by atoms with Gasteiger partial charge in [-0.2, -0.15) is 0 Å². The average molecular weight is 417 g/mol. The third-order valence-corrected chi connectivity index (χ3v) is 4.22. The highest BCUT2D eigenvalue weighted by Crippen LogP contribution is 2.48. The van der Waals surface area contributed by atoms with Gasteiger partial charge in [-0.3, -0.25) is 0 Å². The summed E-state index contributed by atoms with van der Waals surface area (Å²) in [4.78, 5) is 11.3. The van der Waals surface area contributed by atoms with Gasteiger partial charge in [0.1, 0.15) is 16.7 Å². The Hall–Kier alpha value is 0.420. The van der Waals surface area contributed by atoms with Gasteiger partial charge in [0.2, 0.25) is 0 Å². The molecule has 100 valence electrons. The summed E-state index contributed by atoms with van der Waals surface area (Å²) in [5.41, 5.74) is 0. The minimum Gasteiger partial charge on any atom is -0.433 e. The van der Waals surface area contributed by atoms with E-state index in [0.29, 0.717) is 5.33 Å². The summed E-state index contributed by atoms with van der Waals surface area (Å²) >= 11 is 32.2. The van der Waals surface area contributed by atoms with Crippen LogP contribution in [0.2, 0.25) is 25.1 Å². The van der Waals surface area contributed by atoms with Crippen LogP contribution in [0.1, 0.15) is 0 Å². The van der Waals surface area contributed by atoms with E-state index in [2.05, 4.69) is 20.7 Å². The lowest BCUT2D eigenvalue weighted by Gasteiger charge is -2.12. The lowest BCUT2D eigenvalue weighted by atomic mass is 10.3. The van der Waals surface area contributed by atoms with Gasteiger partial charge in [-0.15, -0.1) is 0 Å². The van der Waals surface area contributed by atoms with E-state index in [0.717, 1.165) is 0 Å². The molecular formula is C9H4BrCl5O3. The minimum atomic E-state index is -0.979. The molecule has 0 radical (unpaired) electrons. The second-order valence-corrected chi connectivity index (χ2v) is 5.47. The Morgan fingerprint density at radius 2 is 1.39 bits per heavy atom. The maximum Gasteiger partial charge on any atom is 0.513 e. The molecule has 0 spiro atoms. The van der Waals surface area contributed by atoms with Crippen LogP contribution in [0, 0.1) is 0 Å². The van der Waals surface area contributed by atoms with Gasteiger partial charge in [-0.05, 0) is 0 Å². The van der Waals surface area contributed by atoms with Crippen molar-refractivity contribution in [3.63, 3.8) is 0 Å². The predicted octanol–water partition coefficient (Wildman–Crippen LogP) is 5.86. The normalized spacial score (nSPS) is 10.3. The summed E-state index contributed by atoms with van der Waals surface area (Å²) in [5, 5.41) is 0.0892.